The number of nitrogens with zero attached hydrogens (tertiary/aromatic N) is 1. The molecule has 2 aromatic rings. The van der Waals surface area contributed by atoms with E-state index in [9.17, 15) is 13.9 Å². The van der Waals surface area contributed by atoms with Crippen LogP contribution in [0.4, 0.5) is 8.78 Å². The zero-order valence-electron chi connectivity index (χ0n) is 16.5. The van der Waals surface area contributed by atoms with E-state index in [1.54, 1.807) is 24.3 Å². The molecule has 0 saturated carbocycles. The molecule has 0 saturated heterocycles. The molecule has 3 N–H and O–H groups in total. The van der Waals surface area contributed by atoms with Crippen LogP contribution in [-0.2, 0) is 6.42 Å². The molecule has 168 valence electrons. The molecular formula is C19H25ClF2IN3O3S. The fraction of sp³-hybridized carbons (Fsp3) is 0.421. The van der Waals surface area contributed by atoms with Crippen LogP contribution in [0.5, 0.6) is 11.5 Å². The molecule has 6 nitrogen and oxygen atoms in total. The molecule has 0 spiro atoms. The Balaban J connectivity index is 0.00000450. The second kappa shape index (κ2) is 13.8. The lowest BCUT2D eigenvalue weighted by Gasteiger charge is -2.14. The van der Waals surface area contributed by atoms with Crippen LogP contribution in [0.1, 0.15) is 23.5 Å². The molecule has 0 radical (unpaired) electrons. The average Bonchev–Trinajstić information content (AvgIpc) is 3.12. The highest BCUT2D eigenvalue weighted by molar-refractivity contribution is 14.0. The number of aliphatic hydroxyl groups excluding tert-OH is 1. The van der Waals surface area contributed by atoms with Crippen molar-refractivity contribution >= 4 is 52.9 Å². The Kier molecular flexibility index (Phi) is 12.3. The highest BCUT2D eigenvalue weighted by Gasteiger charge is 2.12. The summed E-state index contributed by atoms with van der Waals surface area (Å²) in [7, 11) is 1.40. The first-order valence-corrected chi connectivity index (χ1v) is 10.2. The van der Waals surface area contributed by atoms with Gasteiger partial charge in [0.2, 0.25) is 0 Å². The normalized spacial score (nSPS) is 12.3. The highest BCUT2D eigenvalue weighted by atomic mass is 127. The Morgan fingerprint density at radius 2 is 2.00 bits per heavy atom. The predicted molar refractivity (Wildman–Crippen MR) is 127 cm³/mol. The maximum Gasteiger partial charge on any atom is 0.387 e. The van der Waals surface area contributed by atoms with E-state index in [4.69, 9.17) is 16.3 Å². The molecule has 0 fully saturated rings. The summed E-state index contributed by atoms with van der Waals surface area (Å²) in [6.07, 6.45) is -0.185. The molecule has 30 heavy (non-hydrogen) atoms. The van der Waals surface area contributed by atoms with E-state index < -0.39 is 12.7 Å². The SMILES string of the molecule is CCNC(=NCC(O)c1ccc(Cl)s1)NCCc1ccc(OC)c(OC(F)F)c1.I. The molecule has 0 aliphatic rings. The van der Waals surface area contributed by atoms with Crippen LogP contribution in [0.25, 0.3) is 0 Å². The summed E-state index contributed by atoms with van der Waals surface area (Å²) >= 11 is 7.20. The first-order chi connectivity index (χ1) is 13.9. The summed E-state index contributed by atoms with van der Waals surface area (Å²) in [4.78, 5) is 5.13. The predicted octanol–water partition coefficient (Wildman–Crippen LogP) is 4.46. The molecule has 1 atom stereocenters. The van der Waals surface area contributed by atoms with Crippen molar-refractivity contribution in [1.29, 1.82) is 0 Å². The average molecular weight is 576 g/mol. The van der Waals surface area contributed by atoms with Crippen molar-refractivity contribution in [1.82, 2.24) is 10.6 Å². The lowest BCUT2D eigenvalue weighted by Crippen LogP contribution is -2.38. The van der Waals surface area contributed by atoms with Gasteiger partial charge in [0.15, 0.2) is 17.5 Å². The number of aliphatic hydroxyl groups is 1. The number of thiophene rings is 1. The fourth-order valence-corrected chi connectivity index (χ4v) is 3.54. The van der Waals surface area contributed by atoms with E-state index >= 15 is 0 Å². The minimum absolute atomic E-state index is 0. The number of nitrogens with one attached hydrogen (secondary N) is 2. The van der Waals surface area contributed by atoms with Crippen molar-refractivity contribution in [3.8, 4) is 11.5 Å². The summed E-state index contributed by atoms with van der Waals surface area (Å²) in [5.74, 6) is 0.796. The minimum Gasteiger partial charge on any atom is -0.493 e. The van der Waals surface area contributed by atoms with Gasteiger partial charge in [-0.1, -0.05) is 17.7 Å². The number of guanidine groups is 1. The zero-order chi connectivity index (χ0) is 21.2. The first-order valence-electron chi connectivity index (χ1n) is 9.00. The topological polar surface area (TPSA) is 75.1 Å². The van der Waals surface area contributed by atoms with Crippen LogP contribution in [-0.4, -0.2) is 44.4 Å². The maximum absolute atomic E-state index is 12.5. The standard InChI is InChI=1S/C19H24ClF2N3O3S.HI/c1-3-23-19(25-11-13(26)16-6-7-17(20)29-16)24-9-8-12-4-5-14(27-2)15(10-12)28-18(21)22;/h4-7,10,13,18,26H,3,8-9,11H2,1-2H3,(H2,23,24,25);1H. The van der Waals surface area contributed by atoms with Crippen molar-refractivity contribution in [2.45, 2.75) is 26.1 Å². The largest absolute Gasteiger partial charge is 0.493 e. The number of halogens is 4. The summed E-state index contributed by atoms with van der Waals surface area (Å²) in [6, 6.07) is 8.41. The Bertz CT molecular complexity index is 811. The van der Waals surface area contributed by atoms with Crippen LogP contribution in [0.2, 0.25) is 4.34 Å². The number of ether oxygens (including phenoxy) is 2. The number of alkyl halides is 2. The van der Waals surface area contributed by atoms with Gasteiger partial charge in [0.05, 0.1) is 18.0 Å². The number of methoxy groups -OCH3 is 1. The third-order valence-corrected chi connectivity index (χ3v) is 5.17. The van der Waals surface area contributed by atoms with Crippen LogP contribution >= 0.6 is 46.9 Å². The lowest BCUT2D eigenvalue weighted by atomic mass is 10.1. The molecule has 11 heteroatoms. The molecule has 0 bridgehead atoms. The van der Waals surface area contributed by atoms with Gasteiger partial charge in [0.25, 0.3) is 0 Å². The molecule has 1 unspecified atom stereocenters. The van der Waals surface area contributed by atoms with Crippen molar-refractivity contribution in [3.05, 3.63) is 45.1 Å². The van der Waals surface area contributed by atoms with E-state index in [-0.39, 0.29) is 42.0 Å². The summed E-state index contributed by atoms with van der Waals surface area (Å²) in [6.45, 7) is 0.356. The number of benzene rings is 1. The quantitative estimate of drug-likeness (QED) is 0.222. The molecule has 2 rings (SSSR count). The zero-order valence-corrected chi connectivity index (χ0v) is 20.4. The van der Waals surface area contributed by atoms with E-state index in [2.05, 4.69) is 20.4 Å². The van der Waals surface area contributed by atoms with E-state index in [0.717, 1.165) is 10.4 Å². The molecular weight excluding hydrogens is 551 g/mol. The molecule has 1 aromatic carbocycles. The van der Waals surface area contributed by atoms with Gasteiger partial charge in [-0.2, -0.15) is 8.78 Å². The Morgan fingerprint density at radius 3 is 2.60 bits per heavy atom. The van der Waals surface area contributed by atoms with Crippen molar-refractivity contribution < 1.29 is 23.4 Å². The Morgan fingerprint density at radius 1 is 1.23 bits per heavy atom. The Hall–Kier alpha value is -1.37. The van der Waals surface area contributed by atoms with Crippen molar-refractivity contribution in [2.75, 3.05) is 26.7 Å². The van der Waals surface area contributed by atoms with Gasteiger partial charge in [-0.15, -0.1) is 35.3 Å². The van der Waals surface area contributed by atoms with Crippen LogP contribution < -0.4 is 20.1 Å². The number of hydrogen-bond acceptors (Lipinski definition) is 5. The molecule has 0 aliphatic carbocycles. The molecule has 1 heterocycles. The van der Waals surface area contributed by atoms with Gasteiger partial charge in [-0.05, 0) is 43.2 Å². The van der Waals surface area contributed by atoms with Gasteiger partial charge in [-0.3, -0.25) is 4.99 Å². The van der Waals surface area contributed by atoms with E-state index in [0.29, 0.717) is 29.8 Å². The van der Waals surface area contributed by atoms with Crippen LogP contribution in [0.15, 0.2) is 35.3 Å². The van der Waals surface area contributed by atoms with E-state index in [1.165, 1.54) is 24.5 Å². The number of hydrogen-bond donors (Lipinski definition) is 3. The molecule has 0 aliphatic heterocycles. The number of aliphatic imine (C=N–C) groups is 1. The van der Waals surface area contributed by atoms with Gasteiger partial charge in [0.1, 0.15) is 6.10 Å². The molecule has 1 aromatic heterocycles. The first kappa shape index (κ1) is 26.7. The Labute approximate surface area is 200 Å². The summed E-state index contributed by atoms with van der Waals surface area (Å²) in [5, 5.41) is 16.5. The minimum atomic E-state index is -2.92. The van der Waals surface area contributed by atoms with Gasteiger partial charge in [-0.25, -0.2) is 0 Å². The van der Waals surface area contributed by atoms with Gasteiger partial charge in [0, 0.05) is 18.0 Å². The van der Waals surface area contributed by atoms with Gasteiger partial charge >= 0.3 is 6.61 Å². The van der Waals surface area contributed by atoms with Gasteiger partial charge < -0.3 is 25.2 Å². The fourth-order valence-electron chi connectivity index (χ4n) is 2.51. The van der Waals surface area contributed by atoms with Crippen molar-refractivity contribution in [2.24, 2.45) is 4.99 Å². The van der Waals surface area contributed by atoms with Crippen molar-refractivity contribution in [3.63, 3.8) is 0 Å². The summed E-state index contributed by atoms with van der Waals surface area (Å²) < 4.78 is 35.2. The smallest absolute Gasteiger partial charge is 0.387 e. The second-order valence-electron chi connectivity index (χ2n) is 5.92. The molecule has 0 amide bonds. The second-order valence-corrected chi connectivity index (χ2v) is 7.66. The van der Waals surface area contributed by atoms with E-state index in [1.807, 2.05) is 6.92 Å². The highest BCUT2D eigenvalue weighted by Crippen LogP contribution is 2.29. The summed E-state index contributed by atoms with van der Waals surface area (Å²) in [5.41, 5.74) is 0.804. The third kappa shape index (κ3) is 8.78. The van der Waals surface area contributed by atoms with Crippen LogP contribution in [0.3, 0.4) is 0 Å². The third-order valence-electron chi connectivity index (χ3n) is 3.84. The van der Waals surface area contributed by atoms with Crippen LogP contribution in [0, 0.1) is 0 Å². The number of rotatable bonds is 10. The maximum atomic E-state index is 12.5. The lowest BCUT2D eigenvalue weighted by molar-refractivity contribution is -0.0512. The monoisotopic (exact) mass is 575 g/mol.